The summed E-state index contributed by atoms with van der Waals surface area (Å²) in [5.41, 5.74) is -1.06. The molecule has 1 fully saturated rings. The lowest BCUT2D eigenvalue weighted by Gasteiger charge is -2.39. The van der Waals surface area contributed by atoms with E-state index in [9.17, 15) is 13.2 Å². The molecule has 2 heterocycles. The number of rotatable bonds is 2. The Morgan fingerprint density at radius 2 is 2.06 bits per heavy atom. The number of hydrogen-bond acceptors (Lipinski definition) is 3. The highest BCUT2D eigenvalue weighted by atomic mass is 32.2. The molecule has 0 aliphatic carbocycles. The van der Waals surface area contributed by atoms with E-state index in [1.54, 1.807) is 31.7 Å². The number of sulfonamides is 1. The van der Waals surface area contributed by atoms with Crippen LogP contribution >= 0.6 is 0 Å². The summed E-state index contributed by atoms with van der Waals surface area (Å²) in [5.74, 6) is -0.270. The maximum absolute atomic E-state index is 12.5. The van der Waals surface area contributed by atoms with Gasteiger partial charge in [0.1, 0.15) is 5.54 Å². The minimum absolute atomic E-state index is 0.216. The number of aromatic nitrogens is 1. The average Bonchev–Trinajstić information content (AvgIpc) is 2.69. The summed E-state index contributed by atoms with van der Waals surface area (Å²) < 4.78 is 27.9. The normalized spacial score (nSPS) is 20.7. The van der Waals surface area contributed by atoms with E-state index in [4.69, 9.17) is 0 Å². The molecule has 0 saturated carbocycles. The fourth-order valence-corrected chi connectivity index (χ4v) is 3.86. The maximum Gasteiger partial charge on any atom is 0.245 e. The van der Waals surface area contributed by atoms with E-state index in [-0.39, 0.29) is 17.3 Å². The Balaban J connectivity index is 2.44. The van der Waals surface area contributed by atoms with E-state index in [1.165, 1.54) is 16.6 Å². The molecule has 18 heavy (non-hydrogen) atoms. The summed E-state index contributed by atoms with van der Waals surface area (Å²) in [6.45, 7) is 3.86. The van der Waals surface area contributed by atoms with Gasteiger partial charge in [-0.05, 0) is 19.9 Å². The van der Waals surface area contributed by atoms with Crippen molar-refractivity contribution in [3.8, 4) is 0 Å². The lowest BCUT2D eigenvalue weighted by Crippen LogP contribution is -2.63. The Bertz CT molecular complexity index is 574. The van der Waals surface area contributed by atoms with Gasteiger partial charge >= 0.3 is 0 Å². The van der Waals surface area contributed by atoms with Gasteiger partial charge in [-0.25, -0.2) is 8.42 Å². The van der Waals surface area contributed by atoms with E-state index in [1.807, 2.05) is 0 Å². The molecule has 1 N–H and O–H groups in total. The van der Waals surface area contributed by atoms with Crippen molar-refractivity contribution in [2.45, 2.75) is 24.3 Å². The van der Waals surface area contributed by atoms with Crippen molar-refractivity contribution in [1.82, 2.24) is 14.2 Å². The number of carbonyl (C=O) groups excluding carboxylic acids is 1. The van der Waals surface area contributed by atoms with Gasteiger partial charge in [-0.2, -0.15) is 4.31 Å². The molecule has 2 rings (SSSR count). The third kappa shape index (κ3) is 1.93. The summed E-state index contributed by atoms with van der Waals surface area (Å²) >= 11 is 0. The molecule has 1 aliphatic rings. The molecule has 0 radical (unpaired) electrons. The third-order valence-corrected chi connectivity index (χ3v) is 5.23. The Labute approximate surface area is 107 Å². The molecule has 0 bridgehead atoms. The second-order valence-electron chi connectivity index (χ2n) is 4.90. The monoisotopic (exact) mass is 271 g/mol. The molecule has 100 valence electrons. The fourth-order valence-electron chi connectivity index (χ4n) is 2.06. The molecule has 0 aromatic carbocycles. The van der Waals surface area contributed by atoms with Gasteiger partial charge in [-0.3, -0.25) is 4.79 Å². The first kappa shape index (κ1) is 13.1. The number of piperazine rings is 1. The average molecular weight is 271 g/mol. The molecule has 1 amide bonds. The summed E-state index contributed by atoms with van der Waals surface area (Å²) in [6, 6.07) is 1.54. The molecular formula is C11H17N3O3S. The Hall–Kier alpha value is -1.34. The largest absolute Gasteiger partial charge is 0.356 e. The Kier molecular flexibility index (Phi) is 2.98. The van der Waals surface area contributed by atoms with Gasteiger partial charge in [0.15, 0.2) is 0 Å². The van der Waals surface area contributed by atoms with E-state index in [0.29, 0.717) is 6.54 Å². The Morgan fingerprint density at radius 3 is 2.61 bits per heavy atom. The summed E-state index contributed by atoms with van der Waals surface area (Å²) in [7, 11) is -1.87. The summed E-state index contributed by atoms with van der Waals surface area (Å²) in [6.07, 6.45) is 3.21. The predicted octanol–water partition coefficient (Wildman–Crippen LogP) is -0.0758. The van der Waals surface area contributed by atoms with E-state index < -0.39 is 15.6 Å². The van der Waals surface area contributed by atoms with Crippen LogP contribution in [0.15, 0.2) is 23.4 Å². The van der Waals surface area contributed by atoms with Crippen molar-refractivity contribution >= 4 is 15.9 Å². The lowest BCUT2D eigenvalue weighted by atomic mass is 10.0. The molecule has 1 aromatic heterocycles. The molecule has 1 saturated heterocycles. The summed E-state index contributed by atoms with van der Waals surface area (Å²) in [4.78, 5) is 12.0. The van der Waals surface area contributed by atoms with Gasteiger partial charge in [0, 0.05) is 32.5 Å². The first-order chi connectivity index (χ1) is 8.26. The van der Waals surface area contributed by atoms with Gasteiger partial charge in [0.05, 0.1) is 4.90 Å². The van der Waals surface area contributed by atoms with Crippen LogP contribution in [0.4, 0.5) is 0 Å². The number of amides is 1. The molecule has 0 atom stereocenters. The topological polar surface area (TPSA) is 71.4 Å². The van der Waals surface area contributed by atoms with Gasteiger partial charge < -0.3 is 9.88 Å². The maximum atomic E-state index is 12.5. The van der Waals surface area contributed by atoms with Crippen LogP contribution in [0.1, 0.15) is 13.8 Å². The SMILES string of the molecule is Cn1ccc(S(=O)(=O)N2CCNC(=O)C2(C)C)c1. The number of nitrogens with one attached hydrogen (secondary N) is 1. The van der Waals surface area contributed by atoms with E-state index >= 15 is 0 Å². The second-order valence-corrected chi connectivity index (χ2v) is 6.77. The van der Waals surface area contributed by atoms with Crippen LogP contribution in [0.3, 0.4) is 0 Å². The van der Waals surface area contributed by atoms with Crippen molar-refractivity contribution in [2.24, 2.45) is 7.05 Å². The standard InChI is InChI=1S/C11H17N3O3S/c1-11(2)10(15)12-5-7-14(11)18(16,17)9-4-6-13(3)8-9/h4,6,8H,5,7H2,1-3H3,(H,12,15). The first-order valence-corrected chi connectivity index (χ1v) is 7.13. The van der Waals surface area contributed by atoms with E-state index in [2.05, 4.69) is 5.32 Å². The van der Waals surface area contributed by atoms with Crippen LogP contribution in [0.25, 0.3) is 0 Å². The number of hydrogen-bond donors (Lipinski definition) is 1. The highest BCUT2D eigenvalue weighted by Crippen LogP contribution is 2.26. The zero-order valence-corrected chi connectivity index (χ0v) is 11.5. The van der Waals surface area contributed by atoms with Crippen LogP contribution in [-0.2, 0) is 21.9 Å². The highest BCUT2D eigenvalue weighted by Gasteiger charge is 2.44. The quantitative estimate of drug-likeness (QED) is 0.818. The van der Waals surface area contributed by atoms with Crippen LogP contribution in [0.2, 0.25) is 0 Å². The van der Waals surface area contributed by atoms with Crippen molar-refractivity contribution in [3.63, 3.8) is 0 Å². The number of nitrogens with zero attached hydrogens (tertiary/aromatic N) is 2. The fraction of sp³-hybridized carbons (Fsp3) is 0.545. The van der Waals surface area contributed by atoms with Crippen LogP contribution in [0.5, 0.6) is 0 Å². The van der Waals surface area contributed by atoms with E-state index in [0.717, 1.165) is 0 Å². The van der Waals surface area contributed by atoms with Crippen molar-refractivity contribution in [1.29, 1.82) is 0 Å². The molecule has 1 aromatic rings. The van der Waals surface area contributed by atoms with Crippen LogP contribution in [0, 0.1) is 0 Å². The molecular weight excluding hydrogens is 254 g/mol. The van der Waals surface area contributed by atoms with Crippen molar-refractivity contribution < 1.29 is 13.2 Å². The second kappa shape index (κ2) is 4.10. The van der Waals surface area contributed by atoms with Crippen molar-refractivity contribution in [2.75, 3.05) is 13.1 Å². The van der Waals surface area contributed by atoms with Crippen LogP contribution in [-0.4, -0.2) is 41.8 Å². The summed E-state index contributed by atoms with van der Waals surface area (Å²) in [5, 5.41) is 2.68. The molecule has 0 spiro atoms. The Morgan fingerprint density at radius 1 is 1.39 bits per heavy atom. The third-order valence-electron chi connectivity index (χ3n) is 3.17. The van der Waals surface area contributed by atoms with Gasteiger partial charge in [-0.1, -0.05) is 0 Å². The molecule has 6 nitrogen and oxygen atoms in total. The van der Waals surface area contributed by atoms with Crippen LogP contribution < -0.4 is 5.32 Å². The van der Waals surface area contributed by atoms with Gasteiger partial charge in [0.25, 0.3) is 0 Å². The zero-order valence-electron chi connectivity index (χ0n) is 10.7. The van der Waals surface area contributed by atoms with Crippen molar-refractivity contribution in [3.05, 3.63) is 18.5 Å². The number of carbonyl (C=O) groups is 1. The van der Waals surface area contributed by atoms with Gasteiger partial charge in [-0.15, -0.1) is 0 Å². The molecule has 1 aliphatic heterocycles. The molecule has 7 heteroatoms. The lowest BCUT2D eigenvalue weighted by molar-refractivity contribution is -0.131. The zero-order chi connectivity index (χ0) is 13.6. The highest BCUT2D eigenvalue weighted by molar-refractivity contribution is 7.89. The van der Waals surface area contributed by atoms with Gasteiger partial charge in [0.2, 0.25) is 15.9 Å². The minimum Gasteiger partial charge on any atom is -0.356 e. The smallest absolute Gasteiger partial charge is 0.245 e. The molecule has 0 unspecified atom stereocenters. The predicted molar refractivity (Wildman–Crippen MR) is 66.4 cm³/mol. The number of aryl methyl sites for hydroxylation is 1. The minimum atomic E-state index is -3.63. The first-order valence-electron chi connectivity index (χ1n) is 5.69.